The molecule has 0 amide bonds. The summed E-state index contributed by atoms with van der Waals surface area (Å²) in [7, 11) is 1.91. The quantitative estimate of drug-likeness (QED) is 0.720. The van der Waals surface area contributed by atoms with E-state index in [1.54, 1.807) is 6.92 Å². The van der Waals surface area contributed by atoms with E-state index in [9.17, 15) is 4.79 Å². The summed E-state index contributed by atoms with van der Waals surface area (Å²) in [6, 6.07) is 7.41. The van der Waals surface area contributed by atoms with Crippen LogP contribution < -0.4 is 10.6 Å². The number of rotatable bonds is 6. The molecule has 3 heteroatoms. The fourth-order valence-corrected chi connectivity index (χ4v) is 1.33. The molecule has 1 aromatic carbocycles. The highest BCUT2D eigenvalue weighted by atomic mass is 16.1. The normalized spacial score (nSPS) is 9.88. The maximum absolute atomic E-state index is 11.1. The second-order valence-corrected chi connectivity index (χ2v) is 3.72. The van der Waals surface area contributed by atoms with Gasteiger partial charge in [0.05, 0.1) is 0 Å². The van der Waals surface area contributed by atoms with Crippen molar-refractivity contribution in [1.82, 2.24) is 5.32 Å². The zero-order valence-corrected chi connectivity index (χ0v) is 9.84. The maximum Gasteiger partial charge on any atom is 0.159 e. The Morgan fingerprint density at radius 3 is 2.44 bits per heavy atom. The molecule has 0 fully saturated rings. The van der Waals surface area contributed by atoms with Crippen LogP contribution in [0.5, 0.6) is 0 Å². The van der Waals surface area contributed by atoms with Crippen molar-refractivity contribution in [3.8, 4) is 0 Å². The minimum atomic E-state index is 0.0839. The molecule has 0 spiro atoms. The third kappa shape index (κ3) is 3.87. The molecule has 0 unspecified atom stereocenters. The van der Waals surface area contributed by atoms with Crippen LogP contribution in [0.4, 0.5) is 5.69 Å². The summed E-state index contributed by atoms with van der Waals surface area (Å²) in [6.07, 6.45) is 0.880. The number of anilines is 1. The van der Waals surface area contributed by atoms with E-state index in [2.05, 4.69) is 17.2 Å². The van der Waals surface area contributed by atoms with Crippen LogP contribution in [-0.4, -0.2) is 19.4 Å². The van der Waals surface area contributed by atoms with Crippen LogP contribution in [-0.2, 0) is 0 Å². The highest BCUT2D eigenvalue weighted by Gasteiger charge is 1.99. The number of benzene rings is 1. The van der Waals surface area contributed by atoms with Gasteiger partial charge >= 0.3 is 0 Å². The van der Waals surface area contributed by atoms with E-state index in [-0.39, 0.29) is 5.78 Å². The number of Topliss-reactive ketones (excluding diaryl/α,β-unsaturated/α-hetero) is 1. The summed E-state index contributed by atoms with van der Waals surface area (Å²) in [5.41, 5.74) is 2.66. The van der Waals surface area contributed by atoms with E-state index in [1.165, 1.54) is 0 Å². The molecule has 0 heterocycles. The van der Waals surface area contributed by atoms with Crippen LogP contribution in [0.25, 0.3) is 0 Å². The van der Waals surface area contributed by atoms with Gasteiger partial charge in [0.1, 0.15) is 0 Å². The minimum Gasteiger partial charge on any atom is -0.359 e. The first-order valence-corrected chi connectivity index (χ1v) is 5.34. The lowest BCUT2D eigenvalue weighted by molar-refractivity contribution is 0.101. The fraction of sp³-hybridized carbons (Fsp3) is 0.308. The Labute approximate surface area is 96.6 Å². The molecule has 3 nitrogen and oxygen atoms in total. The summed E-state index contributed by atoms with van der Waals surface area (Å²) in [6.45, 7) is 6.39. The Balaban J connectivity index is 2.55. The summed E-state index contributed by atoms with van der Waals surface area (Å²) in [4.78, 5) is 11.1. The number of nitrogens with one attached hydrogen (secondary N) is 2. The fourth-order valence-electron chi connectivity index (χ4n) is 1.33. The van der Waals surface area contributed by atoms with Crippen molar-refractivity contribution in [3.63, 3.8) is 0 Å². The van der Waals surface area contributed by atoms with Gasteiger partial charge in [0.2, 0.25) is 0 Å². The van der Waals surface area contributed by atoms with E-state index in [1.807, 2.05) is 31.3 Å². The first-order chi connectivity index (χ1) is 7.63. The highest BCUT2D eigenvalue weighted by Crippen LogP contribution is 2.12. The molecule has 1 aromatic rings. The minimum absolute atomic E-state index is 0.0839. The molecule has 0 aromatic heterocycles. The zero-order valence-electron chi connectivity index (χ0n) is 9.84. The molecule has 0 aliphatic heterocycles. The molecule has 0 aliphatic carbocycles. The number of carbonyl (C=O) groups is 1. The van der Waals surface area contributed by atoms with Gasteiger partial charge in [-0.05, 0) is 44.7 Å². The predicted molar refractivity (Wildman–Crippen MR) is 67.8 cm³/mol. The standard InChI is InChI=1S/C13H18N2O/c1-10(8-9-14-3)15-13-6-4-12(5-7-13)11(2)16/h4-7,14-15H,1,8-9H2,2-3H3. The van der Waals surface area contributed by atoms with Crippen molar-refractivity contribution in [3.05, 3.63) is 42.1 Å². The van der Waals surface area contributed by atoms with E-state index in [0.717, 1.165) is 29.9 Å². The molecular formula is C13H18N2O. The predicted octanol–water partition coefficient (Wildman–Crippen LogP) is 2.42. The van der Waals surface area contributed by atoms with Crippen molar-refractivity contribution >= 4 is 11.5 Å². The molecule has 0 bridgehead atoms. The van der Waals surface area contributed by atoms with Gasteiger partial charge < -0.3 is 10.6 Å². The SMILES string of the molecule is C=C(CCNC)Nc1ccc(C(C)=O)cc1. The van der Waals surface area contributed by atoms with Crippen molar-refractivity contribution in [2.24, 2.45) is 0 Å². The van der Waals surface area contributed by atoms with Gasteiger partial charge in [0.15, 0.2) is 5.78 Å². The van der Waals surface area contributed by atoms with Gasteiger partial charge in [-0.2, -0.15) is 0 Å². The van der Waals surface area contributed by atoms with Gasteiger partial charge in [0.25, 0.3) is 0 Å². The summed E-state index contributed by atoms with van der Waals surface area (Å²) in [5.74, 6) is 0.0839. The van der Waals surface area contributed by atoms with Crippen molar-refractivity contribution in [2.45, 2.75) is 13.3 Å². The molecule has 0 radical (unpaired) electrons. The number of hydrogen-bond acceptors (Lipinski definition) is 3. The average molecular weight is 218 g/mol. The van der Waals surface area contributed by atoms with E-state index >= 15 is 0 Å². The molecule has 1 rings (SSSR count). The molecule has 0 saturated carbocycles. The van der Waals surface area contributed by atoms with E-state index in [4.69, 9.17) is 0 Å². The summed E-state index contributed by atoms with van der Waals surface area (Å²) >= 11 is 0. The van der Waals surface area contributed by atoms with Gasteiger partial charge in [-0.15, -0.1) is 0 Å². The Hall–Kier alpha value is -1.61. The van der Waals surface area contributed by atoms with Gasteiger partial charge in [0, 0.05) is 23.5 Å². The summed E-state index contributed by atoms with van der Waals surface area (Å²) in [5, 5.41) is 6.26. The third-order valence-electron chi connectivity index (χ3n) is 2.29. The van der Waals surface area contributed by atoms with Gasteiger partial charge in [-0.3, -0.25) is 4.79 Å². The lowest BCUT2D eigenvalue weighted by Gasteiger charge is -2.09. The molecular weight excluding hydrogens is 200 g/mol. The number of carbonyl (C=O) groups excluding carboxylic acids is 1. The molecule has 2 N–H and O–H groups in total. The van der Waals surface area contributed by atoms with Crippen LogP contribution in [0, 0.1) is 0 Å². The van der Waals surface area contributed by atoms with Crippen LogP contribution in [0.15, 0.2) is 36.5 Å². The summed E-state index contributed by atoms with van der Waals surface area (Å²) < 4.78 is 0. The molecule has 0 atom stereocenters. The van der Waals surface area contributed by atoms with Crippen LogP contribution in [0.3, 0.4) is 0 Å². The Morgan fingerprint density at radius 1 is 1.31 bits per heavy atom. The van der Waals surface area contributed by atoms with Crippen LogP contribution in [0.1, 0.15) is 23.7 Å². The van der Waals surface area contributed by atoms with Crippen LogP contribution >= 0.6 is 0 Å². The maximum atomic E-state index is 11.1. The molecule has 0 saturated heterocycles. The van der Waals surface area contributed by atoms with E-state index < -0.39 is 0 Å². The third-order valence-corrected chi connectivity index (χ3v) is 2.29. The largest absolute Gasteiger partial charge is 0.359 e. The second kappa shape index (κ2) is 6.08. The molecule has 16 heavy (non-hydrogen) atoms. The number of hydrogen-bond donors (Lipinski definition) is 2. The van der Waals surface area contributed by atoms with Crippen molar-refractivity contribution < 1.29 is 4.79 Å². The Kier molecular flexibility index (Phi) is 4.73. The molecule has 86 valence electrons. The first kappa shape index (κ1) is 12.5. The number of ketones is 1. The zero-order chi connectivity index (χ0) is 12.0. The lowest BCUT2D eigenvalue weighted by Crippen LogP contribution is -2.11. The smallest absolute Gasteiger partial charge is 0.159 e. The average Bonchev–Trinajstić information content (AvgIpc) is 2.27. The Morgan fingerprint density at radius 2 is 1.94 bits per heavy atom. The Bertz CT molecular complexity index is 368. The second-order valence-electron chi connectivity index (χ2n) is 3.72. The highest BCUT2D eigenvalue weighted by molar-refractivity contribution is 5.94. The van der Waals surface area contributed by atoms with E-state index in [0.29, 0.717) is 0 Å². The van der Waals surface area contributed by atoms with Gasteiger partial charge in [-0.1, -0.05) is 6.58 Å². The van der Waals surface area contributed by atoms with Gasteiger partial charge in [-0.25, -0.2) is 0 Å². The van der Waals surface area contributed by atoms with Crippen LogP contribution in [0.2, 0.25) is 0 Å². The first-order valence-electron chi connectivity index (χ1n) is 5.34. The van der Waals surface area contributed by atoms with Crippen molar-refractivity contribution in [1.29, 1.82) is 0 Å². The van der Waals surface area contributed by atoms with Crippen molar-refractivity contribution in [2.75, 3.05) is 18.9 Å². The monoisotopic (exact) mass is 218 g/mol. The lowest BCUT2D eigenvalue weighted by atomic mass is 10.1. The molecule has 0 aliphatic rings. The topological polar surface area (TPSA) is 41.1 Å².